The molecule has 0 N–H and O–H groups in total. The van der Waals surface area contributed by atoms with Gasteiger partial charge in [-0.15, -0.1) is 22.2 Å². The van der Waals surface area contributed by atoms with E-state index in [-0.39, 0.29) is 0 Å². The Morgan fingerprint density at radius 1 is 1.23 bits per heavy atom. The van der Waals surface area contributed by atoms with Crippen molar-refractivity contribution in [1.29, 1.82) is 0 Å². The van der Waals surface area contributed by atoms with E-state index in [1.165, 1.54) is 0 Å². The average Bonchev–Trinajstić information content (AvgIpc) is 2.03. The second-order valence-electron chi connectivity index (χ2n) is 3.33. The highest BCUT2D eigenvalue weighted by molar-refractivity contribution is 7.50. The van der Waals surface area contributed by atoms with Gasteiger partial charge >= 0.3 is 0 Å². The Morgan fingerprint density at radius 3 is 2.31 bits per heavy atom. The maximum Gasteiger partial charge on any atom is 0.277 e. The van der Waals surface area contributed by atoms with E-state index in [4.69, 9.17) is 22.2 Å². The molecule has 72 valence electrons. The number of halogens is 2. The van der Waals surface area contributed by atoms with E-state index in [1.54, 1.807) is 0 Å². The molecule has 1 rings (SSSR count). The number of rotatable bonds is 2. The fourth-order valence-electron chi connectivity index (χ4n) is 1.06. The number of anilines is 1. The van der Waals surface area contributed by atoms with E-state index in [2.05, 4.69) is 0 Å². The molecular weight excluding hydrogens is 221 g/mol. The van der Waals surface area contributed by atoms with Crippen molar-refractivity contribution in [3.8, 4) is 0 Å². The molecule has 0 spiro atoms. The van der Waals surface area contributed by atoms with Gasteiger partial charge in [-0.2, -0.15) is 0 Å². The first-order chi connectivity index (χ1) is 5.91. The maximum absolute atomic E-state index is 6.12. The van der Waals surface area contributed by atoms with Gasteiger partial charge in [-0.1, -0.05) is 12.1 Å². The molecule has 0 aliphatic carbocycles. The van der Waals surface area contributed by atoms with Crippen LogP contribution in [-0.4, -0.2) is 20.8 Å². The Bertz CT molecular complexity index is 294. The van der Waals surface area contributed by atoms with Crippen molar-refractivity contribution in [3.05, 3.63) is 24.3 Å². The van der Waals surface area contributed by atoms with Crippen LogP contribution in [0.3, 0.4) is 0 Å². The molecule has 0 unspecified atom stereocenters. The minimum absolute atomic E-state index is 1.06. The minimum atomic E-state index is -2.19. The lowest BCUT2D eigenvalue weighted by atomic mass is 10.3. The van der Waals surface area contributed by atoms with Crippen molar-refractivity contribution in [2.24, 2.45) is 0 Å². The number of hydrogen-bond donors (Lipinski definition) is 0. The summed E-state index contributed by atoms with van der Waals surface area (Å²) in [4.78, 5) is 2.04. The van der Waals surface area contributed by atoms with Gasteiger partial charge in [0.1, 0.15) is 0 Å². The van der Waals surface area contributed by atoms with E-state index >= 15 is 0 Å². The summed E-state index contributed by atoms with van der Waals surface area (Å²) in [5.41, 5.74) is 1.14. The molecule has 0 saturated carbocycles. The third-order valence-electron chi connectivity index (χ3n) is 1.87. The Balaban J connectivity index is 3.06. The molecule has 13 heavy (non-hydrogen) atoms. The quantitative estimate of drug-likeness (QED) is 0.561. The van der Waals surface area contributed by atoms with Crippen LogP contribution < -0.4 is 10.1 Å². The predicted octanol–water partition coefficient (Wildman–Crippen LogP) is 2.51. The van der Waals surface area contributed by atoms with E-state index in [1.807, 2.05) is 49.8 Å². The molecule has 0 aliphatic rings. The summed E-state index contributed by atoms with van der Waals surface area (Å²) >= 11 is 12.2. The molecule has 0 aliphatic heterocycles. The molecule has 0 amide bonds. The van der Waals surface area contributed by atoms with Gasteiger partial charge < -0.3 is 4.90 Å². The van der Waals surface area contributed by atoms with Gasteiger partial charge in [-0.05, 0) is 23.9 Å². The lowest BCUT2D eigenvalue weighted by Crippen LogP contribution is -2.32. The van der Waals surface area contributed by atoms with E-state index in [9.17, 15) is 0 Å². The molecule has 0 atom stereocenters. The summed E-state index contributed by atoms with van der Waals surface area (Å²) in [5.74, 6) is 0. The van der Waals surface area contributed by atoms with Gasteiger partial charge in [-0.25, -0.2) is 0 Å². The zero-order chi connectivity index (χ0) is 10.1. The summed E-state index contributed by atoms with van der Waals surface area (Å²) < 4.78 is 0. The summed E-state index contributed by atoms with van der Waals surface area (Å²) in [6.07, 6.45) is 0. The van der Waals surface area contributed by atoms with Crippen molar-refractivity contribution in [3.63, 3.8) is 0 Å². The van der Waals surface area contributed by atoms with Crippen LogP contribution in [0.5, 0.6) is 0 Å². The molecule has 0 heterocycles. The van der Waals surface area contributed by atoms with Gasteiger partial charge in [-0.3, -0.25) is 0 Å². The molecule has 4 heteroatoms. The Labute approximate surface area is 89.7 Å². The predicted molar refractivity (Wildman–Crippen MR) is 63.7 cm³/mol. The molecule has 1 aromatic rings. The standard InChI is InChI=1S/C9H13Cl2NSi/c1-12(2)8-5-4-6-9(7-8)13(3,10)11/h4-7H,1-3H3. The first-order valence-corrected chi connectivity index (χ1v) is 8.59. The highest BCUT2D eigenvalue weighted by Gasteiger charge is 2.23. The lowest BCUT2D eigenvalue weighted by Gasteiger charge is -2.16. The van der Waals surface area contributed by atoms with Crippen LogP contribution in [0, 0.1) is 0 Å². The third-order valence-corrected chi connectivity index (χ3v) is 4.50. The molecule has 0 aromatic heterocycles. The zero-order valence-corrected chi connectivity index (χ0v) is 10.5. The van der Waals surface area contributed by atoms with Crippen LogP contribution in [0.2, 0.25) is 6.55 Å². The van der Waals surface area contributed by atoms with Gasteiger partial charge in [0.25, 0.3) is 6.69 Å². The minimum Gasteiger partial charge on any atom is -0.378 e. The van der Waals surface area contributed by atoms with E-state index in [0.717, 1.165) is 10.9 Å². The molecule has 0 bridgehead atoms. The monoisotopic (exact) mass is 233 g/mol. The van der Waals surface area contributed by atoms with Crippen LogP contribution in [0.4, 0.5) is 5.69 Å². The normalized spacial score (nSPS) is 11.5. The smallest absolute Gasteiger partial charge is 0.277 e. The Kier molecular flexibility index (Phi) is 3.27. The summed E-state index contributed by atoms with van der Waals surface area (Å²) in [6.45, 7) is -0.285. The van der Waals surface area contributed by atoms with Gasteiger partial charge in [0.2, 0.25) is 0 Å². The first kappa shape index (κ1) is 10.9. The van der Waals surface area contributed by atoms with Crippen LogP contribution in [-0.2, 0) is 0 Å². The molecule has 0 radical (unpaired) electrons. The molecular formula is C9H13Cl2NSi. The summed E-state index contributed by atoms with van der Waals surface area (Å²) in [6, 6.07) is 8.06. The first-order valence-electron chi connectivity index (χ1n) is 4.07. The highest BCUT2D eigenvalue weighted by Crippen LogP contribution is 2.17. The largest absolute Gasteiger partial charge is 0.378 e. The molecule has 1 aromatic carbocycles. The van der Waals surface area contributed by atoms with Crippen LogP contribution >= 0.6 is 22.2 Å². The van der Waals surface area contributed by atoms with Gasteiger partial charge in [0.15, 0.2) is 0 Å². The van der Waals surface area contributed by atoms with Crippen molar-refractivity contribution in [2.75, 3.05) is 19.0 Å². The van der Waals surface area contributed by atoms with Crippen molar-refractivity contribution in [2.45, 2.75) is 6.55 Å². The van der Waals surface area contributed by atoms with Crippen molar-refractivity contribution in [1.82, 2.24) is 0 Å². The highest BCUT2D eigenvalue weighted by atomic mass is 35.7. The van der Waals surface area contributed by atoms with Crippen LogP contribution in [0.25, 0.3) is 0 Å². The van der Waals surface area contributed by atoms with Crippen LogP contribution in [0.1, 0.15) is 0 Å². The van der Waals surface area contributed by atoms with E-state index in [0.29, 0.717) is 0 Å². The summed E-state index contributed by atoms with van der Waals surface area (Å²) in [5, 5.41) is 1.06. The summed E-state index contributed by atoms with van der Waals surface area (Å²) in [7, 11) is 4.00. The molecule has 1 nitrogen and oxygen atoms in total. The third kappa shape index (κ3) is 2.90. The fraction of sp³-hybridized carbons (Fsp3) is 0.333. The Hall–Kier alpha value is -0.183. The van der Waals surface area contributed by atoms with Crippen molar-refractivity contribution < 1.29 is 0 Å². The second kappa shape index (κ2) is 3.90. The average molecular weight is 234 g/mol. The SMILES string of the molecule is CN(C)c1cccc([Si](C)(Cl)Cl)c1. The molecule has 0 saturated heterocycles. The second-order valence-corrected chi connectivity index (χ2v) is 10.8. The lowest BCUT2D eigenvalue weighted by molar-refractivity contribution is 1.13. The topological polar surface area (TPSA) is 3.24 Å². The number of benzene rings is 1. The molecule has 0 fully saturated rings. The van der Waals surface area contributed by atoms with Gasteiger partial charge in [0, 0.05) is 19.8 Å². The van der Waals surface area contributed by atoms with Crippen molar-refractivity contribution >= 4 is 39.7 Å². The van der Waals surface area contributed by atoms with Crippen LogP contribution in [0.15, 0.2) is 24.3 Å². The number of hydrogen-bond acceptors (Lipinski definition) is 1. The maximum atomic E-state index is 6.12. The fourth-order valence-corrected chi connectivity index (χ4v) is 2.55. The zero-order valence-electron chi connectivity index (χ0n) is 8.01. The van der Waals surface area contributed by atoms with E-state index < -0.39 is 6.69 Å². The Morgan fingerprint density at radius 2 is 1.85 bits per heavy atom. The van der Waals surface area contributed by atoms with Gasteiger partial charge in [0.05, 0.1) is 0 Å². The number of nitrogens with zero attached hydrogens (tertiary/aromatic N) is 1.